The number of rotatable bonds is 82. The van der Waals surface area contributed by atoms with Crippen LogP contribution in [0.4, 0.5) is 0 Å². The maximum atomic E-state index is 13.1. The fourth-order valence-corrected chi connectivity index (χ4v) is 14.3. The molecule has 3 N–H and O–H groups in total. The van der Waals surface area contributed by atoms with Crippen molar-refractivity contribution < 1.29 is 80.2 Å². The van der Waals surface area contributed by atoms with Gasteiger partial charge in [0.25, 0.3) is 0 Å². The Morgan fingerprint density at radius 2 is 0.567 bits per heavy atom. The fourth-order valence-electron chi connectivity index (χ4n) is 12.7. The number of phosphoric acid groups is 2. The lowest BCUT2D eigenvalue weighted by molar-refractivity contribution is -0.161. The number of hydrogen-bond donors (Lipinski definition) is 3. The van der Waals surface area contributed by atoms with E-state index in [4.69, 9.17) is 37.0 Å². The van der Waals surface area contributed by atoms with Gasteiger partial charge in [0.15, 0.2) is 12.2 Å². The molecule has 0 fully saturated rings. The predicted molar refractivity (Wildman–Crippen MR) is 427 cm³/mol. The molecule has 0 aromatic carbocycles. The van der Waals surface area contributed by atoms with Crippen molar-refractivity contribution in [1.29, 1.82) is 0 Å². The summed E-state index contributed by atoms with van der Waals surface area (Å²) in [5, 5.41) is 10.7. The van der Waals surface area contributed by atoms with E-state index in [2.05, 4.69) is 65.8 Å². The Balaban J connectivity index is 5.29. The number of allylic oxidation sites excluding steroid dienone is 4. The molecule has 104 heavy (non-hydrogen) atoms. The molecular formula is C85H162O17P2. The highest BCUT2D eigenvalue weighted by Crippen LogP contribution is 2.45. The van der Waals surface area contributed by atoms with E-state index in [1.54, 1.807) is 0 Å². The quantitative estimate of drug-likeness (QED) is 0.0169. The monoisotopic (exact) mass is 1520 g/mol. The molecule has 0 spiro atoms. The Morgan fingerprint density at radius 3 is 0.865 bits per heavy atom. The summed E-state index contributed by atoms with van der Waals surface area (Å²) in [7, 11) is -9.94. The molecule has 0 aliphatic carbocycles. The Bertz CT molecular complexity index is 2090. The van der Waals surface area contributed by atoms with Gasteiger partial charge in [-0.3, -0.25) is 37.3 Å². The molecule has 614 valence electrons. The lowest BCUT2D eigenvalue weighted by Crippen LogP contribution is -2.30. The first-order valence-corrected chi connectivity index (χ1v) is 46.3. The molecule has 6 atom stereocenters. The van der Waals surface area contributed by atoms with Crippen LogP contribution in [-0.2, 0) is 65.4 Å². The summed E-state index contributed by atoms with van der Waals surface area (Å²) in [5.41, 5.74) is 0. The van der Waals surface area contributed by atoms with Crippen molar-refractivity contribution in [2.24, 2.45) is 11.8 Å². The zero-order valence-electron chi connectivity index (χ0n) is 67.8. The van der Waals surface area contributed by atoms with Crippen LogP contribution in [0.25, 0.3) is 0 Å². The molecule has 0 bridgehead atoms. The highest BCUT2D eigenvalue weighted by molar-refractivity contribution is 7.47. The van der Waals surface area contributed by atoms with Crippen LogP contribution in [0.5, 0.6) is 0 Å². The second kappa shape index (κ2) is 75.9. The van der Waals surface area contributed by atoms with Crippen molar-refractivity contribution in [3.63, 3.8) is 0 Å². The summed E-state index contributed by atoms with van der Waals surface area (Å²) < 4.78 is 68.8. The van der Waals surface area contributed by atoms with Crippen molar-refractivity contribution in [2.75, 3.05) is 39.6 Å². The van der Waals surface area contributed by atoms with Gasteiger partial charge >= 0.3 is 39.5 Å². The minimum absolute atomic E-state index is 0.0848. The Morgan fingerprint density at radius 1 is 0.317 bits per heavy atom. The van der Waals surface area contributed by atoms with Crippen LogP contribution in [0.1, 0.15) is 427 Å². The maximum absolute atomic E-state index is 13.1. The SMILES string of the molecule is CCCCCC/C=C\C=C/CCCCCCCC(=O)O[C@H](COC(=O)CCCCCCCCCCC(C)CC)COP(=O)(O)OC[C@H](O)COP(=O)(O)OC[C@@H](COC(=O)CCCCCCCCCCCCCCCCCCCC)OC(=O)CCCCCCCCCCCCCCCCCCC(C)C. The van der Waals surface area contributed by atoms with Gasteiger partial charge in [-0.1, -0.05) is 374 Å². The van der Waals surface area contributed by atoms with Crippen molar-refractivity contribution in [3.05, 3.63) is 24.3 Å². The van der Waals surface area contributed by atoms with Gasteiger partial charge in [-0.15, -0.1) is 0 Å². The van der Waals surface area contributed by atoms with Gasteiger partial charge in [-0.25, -0.2) is 9.13 Å². The molecule has 0 saturated carbocycles. The third-order valence-electron chi connectivity index (χ3n) is 19.7. The number of unbranched alkanes of at least 4 members (excludes halogenated alkanes) is 48. The topological polar surface area (TPSA) is 237 Å². The van der Waals surface area contributed by atoms with Crippen LogP contribution in [0.15, 0.2) is 24.3 Å². The summed E-state index contributed by atoms with van der Waals surface area (Å²) in [4.78, 5) is 73.2. The van der Waals surface area contributed by atoms with Crippen molar-refractivity contribution in [3.8, 4) is 0 Å². The summed E-state index contributed by atoms with van der Waals surface area (Å²) >= 11 is 0. The minimum atomic E-state index is -4.97. The van der Waals surface area contributed by atoms with Crippen LogP contribution in [0.3, 0.4) is 0 Å². The first-order valence-electron chi connectivity index (χ1n) is 43.3. The molecule has 0 heterocycles. The summed E-state index contributed by atoms with van der Waals surface area (Å²) in [6.45, 7) is 9.63. The highest BCUT2D eigenvalue weighted by atomic mass is 31.2. The van der Waals surface area contributed by atoms with Gasteiger partial charge in [-0.05, 0) is 63.2 Å². The zero-order chi connectivity index (χ0) is 76.4. The Labute approximate surface area is 637 Å². The number of carbonyl (C=O) groups is 4. The molecule has 0 saturated heterocycles. The van der Waals surface area contributed by atoms with E-state index in [0.717, 1.165) is 115 Å². The normalized spacial score (nSPS) is 14.2. The molecule has 0 aromatic heterocycles. The second-order valence-corrected chi connectivity index (χ2v) is 33.5. The van der Waals surface area contributed by atoms with Crippen molar-refractivity contribution in [2.45, 2.75) is 445 Å². The van der Waals surface area contributed by atoms with E-state index < -0.39 is 97.5 Å². The number of ether oxygens (including phenoxy) is 4. The first kappa shape index (κ1) is 102. The molecule has 17 nitrogen and oxygen atoms in total. The third-order valence-corrected chi connectivity index (χ3v) is 21.6. The molecule has 0 aliphatic rings. The number of phosphoric ester groups is 2. The van der Waals surface area contributed by atoms with Crippen LogP contribution >= 0.6 is 15.6 Å². The number of esters is 4. The Hall–Kier alpha value is -2.46. The van der Waals surface area contributed by atoms with Crippen LogP contribution in [0, 0.1) is 11.8 Å². The standard InChI is InChI=1S/C85H162O17P2/c1-7-10-12-14-16-18-20-22-24-25-26-31-34-38-42-49-55-61-67-82(87)95-73-80(101-84(89)70-64-58-52-44-40-36-32-28-27-30-33-37-41-47-53-59-65-77(4)5)75-99-103(91,92)97-71-79(86)72-98-104(93,94)100-76-81(74-96-83(88)68-62-56-50-46-45-48-54-60-66-78(6)9-3)102-85(90)69-63-57-51-43-39-35-29-23-21-19-17-15-13-11-8-2/h19,21,23,29,77-81,86H,7-18,20,22,24-28,30-76H2,1-6H3,(H,91,92)(H,93,94)/b21-19-,29-23-/t78?,79-,80-,81-/m1/s1. The largest absolute Gasteiger partial charge is 0.472 e. The summed E-state index contributed by atoms with van der Waals surface area (Å²) in [6, 6.07) is 0. The van der Waals surface area contributed by atoms with Crippen molar-refractivity contribution >= 4 is 39.5 Å². The summed E-state index contributed by atoms with van der Waals surface area (Å²) in [6.07, 6.45) is 70.1. The molecule has 0 radical (unpaired) electrons. The van der Waals surface area contributed by atoms with Crippen LogP contribution in [0.2, 0.25) is 0 Å². The zero-order valence-corrected chi connectivity index (χ0v) is 69.6. The molecular weight excluding hydrogens is 1350 g/mol. The van der Waals surface area contributed by atoms with E-state index >= 15 is 0 Å². The maximum Gasteiger partial charge on any atom is 0.472 e. The molecule has 19 heteroatoms. The third kappa shape index (κ3) is 76.3. The van der Waals surface area contributed by atoms with Crippen LogP contribution < -0.4 is 0 Å². The molecule has 0 aliphatic heterocycles. The number of hydrogen-bond acceptors (Lipinski definition) is 15. The van der Waals surface area contributed by atoms with Crippen molar-refractivity contribution in [1.82, 2.24) is 0 Å². The second-order valence-electron chi connectivity index (χ2n) is 30.6. The van der Waals surface area contributed by atoms with Gasteiger partial charge in [-0.2, -0.15) is 0 Å². The molecule has 0 amide bonds. The smallest absolute Gasteiger partial charge is 0.462 e. The van der Waals surface area contributed by atoms with E-state index in [9.17, 15) is 43.2 Å². The molecule has 3 unspecified atom stereocenters. The van der Waals surface area contributed by atoms with Gasteiger partial charge in [0.1, 0.15) is 19.3 Å². The minimum Gasteiger partial charge on any atom is -0.462 e. The van der Waals surface area contributed by atoms with Gasteiger partial charge in [0.05, 0.1) is 26.4 Å². The fraction of sp³-hybridized carbons (Fsp3) is 0.906. The molecule has 0 aromatic rings. The Kier molecular flexibility index (Phi) is 74.1. The number of aliphatic hydroxyl groups is 1. The van der Waals surface area contributed by atoms with E-state index in [1.165, 1.54) is 231 Å². The summed E-state index contributed by atoms with van der Waals surface area (Å²) in [5.74, 6) is -0.551. The lowest BCUT2D eigenvalue weighted by Gasteiger charge is -2.21. The van der Waals surface area contributed by atoms with Gasteiger partial charge in [0.2, 0.25) is 0 Å². The van der Waals surface area contributed by atoms with E-state index in [-0.39, 0.29) is 25.7 Å². The van der Waals surface area contributed by atoms with E-state index in [0.29, 0.717) is 25.7 Å². The highest BCUT2D eigenvalue weighted by Gasteiger charge is 2.30. The van der Waals surface area contributed by atoms with Gasteiger partial charge in [0, 0.05) is 25.7 Å². The first-order chi connectivity index (χ1) is 50.4. The van der Waals surface area contributed by atoms with E-state index in [1.807, 2.05) is 0 Å². The van der Waals surface area contributed by atoms with Crippen LogP contribution in [-0.4, -0.2) is 96.7 Å². The average Bonchev–Trinajstić information content (AvgIpc) is 0.904. The number of aliphatic hydroxyl groups excluding tert-OH is 1. The predicted octanol–water partition coefficient (Wildman–Crippen LogP) is 25.4. The van der Waals surface area contributed by atoms with Gasteiger partial charge < -0.3 is 33.8 Å². The average molecular weight is 1520 g/mol. The lowest BCUT2D eigenvalue weighted by atomic mass is 9.99. The number of carbonyl (C=O) groups excluding carboxylic acids is 4. The molecule has 0 rings (SSSR count).